The number of carbonyl (C=O) groups is 2. The number of nitrogens with zero attached hydrogens (tertiary/aromatic N) is 1. The predicted molar refractivity (Wildman–Crippen MR) is 185 cm³/mol. The monoisotopic (exact) mass is 607 g/mol. The second kappa shape index (κ2) is 11.0. The Kier molecular flexibility index (Phi) is 7.08. The van der Waals surface area contributed by atoms with Crippen LogP contribution in [0, 0.1) is 0 Å². The van der Waals surface area contributed by atoms with E-state index in [1.54, 1.807) is 6.08 Å². The highest BCUT2D eigenvalue weighted by molar-refractivity contribution is 6.42. The van der Waals surface area contributed by atoms with Gasteiger partial charge in [-0.05, 0) is 86.0 Å². The van der Waals surface area contributed by atoms with Crippen molar-refractivity contribution in [1.82, 2.24) is 0 Å². The summed E-state index contributed by atoms with van der Waals surface area (Å²) in [5.41, 5.74) is 6.73. The van der Waals surface area contributed by atoms with Crippen molar-refractivity contribution >= 4 is 45.5 Å². The van der Waals surface area contributed by atoms with Crippen LogP contribution in [0.4, 0.5) is 17.1 Å². The molecule has 230 valence electrons. The van der Waals surface area contributed by atoms with Crippen molar-refractivity contribution in [3.05, 3.63) is 130 Å². The van der Waals surface area contributed by atoms with Crippen LogP contribution in [0.2, 0.25) is 0 Å². The summed E-state index contributed by atoms with van der Waals surface area (Å²) in [6.07, 6.45) is 1.39. The molecule has 5 aromatic rings. The molecule has 0 unspecified atom stereocenters. The number of hydrogen-bond acceptors (Lipinski definition) is 5. The quantitative estimate of drug-likeness (QED) is 0.142. The van der Waals surface area contributed by atoms with Crippen molar-refractivity contribution in [3.63, 3.8) is 0 Å². The average Bonchev–Trinajstić information content (AvgIpc) is 3.25. The lowest BCUT2D eigenvalue weighted by Gasteiger charge is -2.42. The largest absolute Gasteiger partial charge is 0.490 e. The highest BCUT2D eigenvalue weighted by atomic mass is 16.5. The molecule has 1 aliphatic carbocycles. The Balaban J connectivity index is 1.44. The number of benzene rings is 5. The Bertz CT molecular complexity index is 1980. The first-order valence-electron chi connectivity index (χ1n) is 15.9. The molecular weight excluding hydrogens is 570 g/mol. The van der Waals surface area contributed by atoms with E-state index < -0.39 is 0 Å². The lowest BCUT2D eigenvalue weighted by atomic mass is 9.73. The minimum absolute atomic E-state index is 0.123. The van der Waals surface area contributed by atoms with Gasteiger partial charge in [0.05, 0.1) is 34.8 Å². The summed E-state index contributed by atoms with van der Waals surface area (Å²) in [6.45, 7) is 12.4. The second-order valence-corrected chi connectivity index (χ2v) is 13.1. The molecule has 5 aromatic carbocycles. The molecule has 0 fully saturated rings. The maximum Gasteiger partial charge on any atom is 0.197 e. The first-order chi connectivity index (χ1) is 22.0. The lowest BCUT2D eigenvalue weighted by molar-refractivity contribution is 0.0990. The van der Waals surface area contributed by atoms with Gasteiger partial charge in [0.2, 0.25) is 0 Å². The van der Waals surface area contributed by atoms with Gasteiger partial charge in [-0.15, -0.1) is 0 Å². The highest BCUT2D eigenvalue weighted by Gasteiger charge is 2.38. The number of ether oxygens (including phenoxy) is 2. The third kappa shape index (κ3) is 4.78. The molecule has 0 atom stereocenters. The summed E-state index contributed by atoms with van der Waals surface area (Å²) in [5, 5.41) is 1.85. The fourth-order valence-corrected chi connectivity index (χ4v) is 6.78. The number of hydrogen-bond donors (Lipinski definition) is 0. The summed E-state index contributed by atoms with van der Waals surface area (Å²) in [5.74, 6) is 0.633. The van der Waals surface area contributed by atoms with Gasteiger partial charge in [-0.1, -0.05) is 74.5 Å². The second-order valence-electron chi connectivity index (χ2n) is 13.1. The number of ketones is 2. The van der Waals surface area contributed by atoms with E-state index in [4.69, 9.17) is 9.47 Å². The Morgan fingerprint density at radius 3 is 1.61 bits per heavy atom. The van der Waals surface area contributed by atoms with Crippen molar-refractivity contribution in [3.8, 4) is 11.5 Å². The van der Waals surface area contributed by atoms with Crippen molar-refractivity contribution in [2.75, 3.05) is 4.90 Å². The smallest absolute Gasteiger partial charge is 0.197 e. The molecule has 2 aliphatic rings. The lowest BCUT2D eigenvalue weighted by Crippen LogP contribution is -2.30. The minimum atomic E-state index is -0.280. The maximum atomic E-state index is 13.7. The van der Waals surface area contributed by atoms with Gasteiger partial charge < -0.3 is 14.4 Å². The van der Waals surface area contributed by atoms with Crippen LogP contribution in [0.3, 0.4) is 0 Å². The zero-order chi connectivity index (χ0) is 32.3. The van der Waals surface area contributed by atoms with Crippen LogP contribution in [0.15, 0.2) is 103 Å². The molecule has 0 saturated carbocycles. The normalized spacial score (nSPS) is 14.9. The number of rotatable bonds is 6. The van der Waals surface area contributed by atoms with Gasteiger partial charge in [-0.3, -0.25) is 9.59 Å². The third-order valence-electron chi connectivity index (χ3n) is 8.86. The first-order valence-corrected chi connectivity index (χ1v) is 15.9. The number of carbonyl (C=O) groups excluding carboxylic acids is 2. The summed E-state index contributed by atoms with van der Waals surface area (Å²) >= 11 is 0. The molecule has 0 N–H and O–H groups in total. The Hall–Kier alpha value is -5.16. The van der Waals surface area contributed by atoms with Crippen LogP contribution in [-0.2, 0) is 5.41 Å². The fraction of sp³-hybridized carbons (Fsp3) is 0.220. The van der Waals surface area contributed by atoms with Crippen molar-refractivity contribution in [1.29, 1.82) is 0 Å². The van der Waals surface area contributed by atoms with E-state index >= 15 is 0 Å². The van der Waals surface area contributed by atoms with Crippen LogP contribution in [-0.4, -0.2) is 23.8 Å². The van der Waals surface area contributed by atoms with E-state index in [2.05, 4.69) is 67.3 Å². The number of fused-ring (bicyclic) bond motifs is 4. The van der Waals surface area contributed by atoms with Gasteiger partial charge in [-0.25, -0.2) is 0 Å². The summed E-state index contributed by atoms with van der Waals surface area (Å²) in [4.78, 5) is 29.7. The first kappa shape index (κ1) is 29.5. The van der Waals surface area contributed by atoms with E-state index in [9.17, 15) is 9.59 Å². The van der Waals surface area contributed by atoms with E-state index in [1.165, 1.54) is 11.1 Å². The highest BCUT2D eigenvalue weighted by Crippen LogP contribution is 2.54. The number of allylic oxidation sites excluding steroid dienone is 1. The van der Waals surface area contributed by atoms with Crippen LogP contribution in [0.5, 0.6) is 11.5 Å². The van der Waals surface area contributed by atoms with Gasteiger partial charge in [0.1, 0.15) is 11.5 Å². The van der Waals surface area contributed by atoms with Crippen LogP contribution in [0.1, 0.15) is 78.9 Å². The fourth-order valence-electron chi connectivity index (χ4n) is 6.78. The molecule has 0 amide bonds. The van der Waals surface area contributed by atoms with Gasteiger partial charge in [0, 0.05) is 28.2 Å². The Morgan fingerprint density at radius 1 is 0.609 bits per heavy atom. The Labute approximate surface area is 270 Å². The number of Topliss-reactive ketones (excluding diaryl/α,β-unsaturated/α-hetero) is 2. The average molecular weight is 608 g/mol. The number of anilines is 3. The van der Waals surface area contributed by atoms with Crippen molar-refractivity contribution in [2.24, 2.45) is 0 Å². The maximum absolute atomic E-state index is 13.7. The zero-order valence-corrected chi connectivity index (χ0v) is 27.0. The molecule has 0 spiro atoms. The molecular formula is C41H37NO4. The minimum Gasteiger partial charge on any atom is -0.490 e. The molecule has 1 aliphatic heterocycles. The van der Waals surface area contributed by atoms with E-state index in [0.29, 0.717) is 28.2 Å². The molecule has 1 heterocycles. The van der Waals surface area contributed by atoms with Crippen LogP contribution in [0.25, 0.3) is 16.8 Å². The van der Waals surface area contributed by atoms with Crippen LogP contribution < -0.4 is 14.4 Å². The van der Waals surface area contributed by atoms with E-state index in [-0.39, 0.29) is 34.8 Å². The summed E-state index contributed by atoms with van der Waals surface area (Å²) in [7, 11) is 0. The molecule has 7 rings (SSSR count). The van der Waals surface area contributed by atoms with Gasteiger partial charge in [-0.2, -0.15) is 0 Å². The van der Waals surface area contributed by atoms with Crippen molar-refractivity contribution < 1.29 is 19.1 Å². The zero-order valence-electron chi connectivity index (χ0n) is 27.0. The molecule has 0 aromatic heterocycles. The molecule has 0 saturated heterocycles. The van der Waals surface area contributed by atoms with E-state index in [1.807, 2.05) is 76.2 Å². The molecule has 0 bridgehead atoms. The third-order valence-corrected chi connectivity index (χ3v) is 8.86. The van der Waals surface area contributed by atoms with E-state index in [0.717, 1.165) is 27.8 Å². The molecule has 5 nitrogen and oxygen atoms in total. The SMILES string of the molecule is CC(C)Oc1cc(N2c3ccccc3C(C)(C)c3ccccc32)c(OC(C)C)cc1C=C1C(=O)c2cc3ccccc3cc2C1=O. The van der Waals surface area contributed by atoms with Crippen LogP contribution >= 0.6 is 0 Å². The number of para-hydroxylation sites is 2. The standard InChI is InChI=1S/C41H37NO4/c1-24(2)45-37-23-36(42-34-17-11-9-15-32(34)41(5,6)33-16-10-12-18-35(33)42)38(46-25(3)4)22-28(37)21-31-39(43)29-19-26-13-7-8-14-27(26)20-30(29)40(31)44/h7-25H,1-6H3. The van der Waals surface area contributed by atoms with Gasteiger partial charge >= 0.3 is 0 Å². The summed E-state index contributed by atoms with van der Waals surface area (Å²) in [6, 6.07) is 32.2. The predicted octanol–water partition coefficient (Wildman–Crippen LogP) is 9.99. The molecule has 5 heteroatoms. The molecule has 46 heavy (non-hydrogen) atoms. The topological polar surface area (TPSA) is 55.8 Å². The van der Waals surface area contributed by atoms with Gasteiger partial charge in [0.15, 0.2) is 11.6 Å². The molecule has 0 radical (unpaired) electrons. The van der Waals surface area contributed by atoms with Gasteiger partial charge in [0.25, 0.3) is 0 Å². The summed E-state index contributed by atoms with van der Waals surface area (Å²) < 4.78 is 12.9. The van der Waals surface area contributed by atoms with Crippen molar-refractivity contribution in [2.45, 2.75) is 59.2 Å². The Morgan fingerprint density at radius 2 is 1.09 bits per heavy atom.